The molecule has 1 N–H and O–H groups in total. The first-order valence-corrected chi connectivity index (χ1v) is 8.71. The van der Waals surface area contributed by atoms with Crippen LogP contribution in [0.3, 0.4) is 0 Å². The second-order valence-corrected chi connectivity index (χ2v) is 6.64. The van der Waals surface area contributed by atoms with Gasteiger partial charge in [0.1, 0.15) is 0 Å². The number of ether oxygens (including phenoxy) is 2. The third kappa shape index (κ3) is 6.11. The van der Waals surface area contributed by atoms with Crippen LogP contribution in [0.5, 0.6) is 0 Å². The molecule has 0 unspecified atom stereocenters. The quantitative estimate of drug-likeness (QED) is 0.573. The number of hydrogen-bond donors (Lipinski definition) is 1. The molecule has 118 valence electrons. The second-order valence-electron chi connectivity index (χ2n) is 6.64. The molecule has 0 radical (unpaired) electrons. The van der Waals surface area contributed by atoms with Crippen LogP contribution in [0.2, 0.25) is 0 Å². The fourth-order valence-electron chi connectivity index (χ4n) is 3.67. The van der Waals surface area contributed by atoms with E-state index in [9.17, 15) is 0 Å². The predicted octanol–water partition coefficient (Wildman–Crippen LogP) is 3.52. The molecular weight excluding hydrogens is 250 g/mol. The van der Waals surface area contributed by atoms with Crippen LogP contribution in [0.4, 0.5) is 0 Å². The molecule has 0 saturated heterocycles. The highest BCUT2D eigenvalue weighted by molar-refractivity contribution is 4.81. The molecule has 20 heavy (non-hydrogen) atoms. The van der Waals surface area contributed by atoms with Crippen LogP contribution in [0, 0.1) is 5.92 Å². The third-order valence-electron chi connectivity index (χ3n) is 4.96. The molecule has 0 amide bonds. The maximum atomic E-state index is 5.67. The van der Waals surface area contributed by atoms with Crippen molar-refractivity contribution in [2.24, 2.45) is 5.92 Å². The standard InChI is InChI=1S/C17H33NO2/c1-19-12-13-20-14-15-8-10-17(11-9-15)18-16-6-4-2-3-5-7-16/h15-18H,2-14H2,1H3/t15-,17-. The molecule has 0 spiro atoms. The lowest BCUT2D eigenvalue weighted by molar-refractivity contribution is 0.0412. The molecule has 0 heterocycles. The number of nitrogens with one attached hydrogen (secondary N) is 1. The van der Waals surface area contributed by atoms with Crippen LogP contribution < -0.4 is 5.32 Å². The summed E-state index contributed by atoms with van der Waals surface area (Å²) >= 11 is 0. The van der Waals surface area contributed by atoms with Crippen LogP contribution in [-0.2, 0) is 9.47 Å². The summed E-state index contributed by atoms with van der Waals surface area (Å²) in [6.07, 6.45) is 13.9. The molecule has 0 bridgehead atoms. The van der Waals surface area contributed by atoms with Crippen molar-refractivity contribution in [1.29, 1.82) is 0 Å². The van der Waals surface area contributed by atoms with Gasteiger partial charge in [-0.3, -0.25) is 0 Å². The Morgan fingerprint density at radius 1 is 0.800 bits per heavy atom. The Kier molecular flexibility index (Phi) is 7.92. The fourth-order valence-corrected chi connectivity index (χ4v) is 3.67. The molecule has 2 rings (SSSR count). The van der Waals surface area contributed by atoms with Gasteiger partial charge in [0, 0.05) is 25.8 Å². The summed E-state index contributed by atoms with van der Waals surface area (Å²) in [6, 6.07) is 1.57. The minimum absolute atomic E-state index is 0.721. The first-order valence-electron chi connectivity index (χ1n) is 8.71. The summed E-state index contributed by atoms with van der Waals surface area (Å²) in [5.74, 6) is 0.777. The van der Waals surface area contributed by atoms with Gasteiger partial charge in [-0.2, -0.15) is 0 Å². The Hall–Kier alpha value is -0.120. The van der Waals surface area contributed by atoms with Gasteiger partial charge in [-0.15, -0.1) is 0 Å². The summed E-state index contributed by atoms with van der Waals surface area (Å²) < 4.78 is 10.7. The van der Waals surface area contributed by atoms with Crippen molar-refractivity contribution in [2.45, 2.75) is 76.3 Å². The van der Waals surface area contributed by atoms with Gasteiger partial charge in [-0.25, -0.2) is 0 Å². The highest BCUT2D eigenvalue weighted by atomic mass is 16.5. The minimum Gasteiger partial charge on any atom is -0.382 e. The molecule has 2 aliphatic carbocycles. The Balaban J connectivity index is 1.56. The smallest absolute Gasteiger partial charge is 0.0700 e. The summed E-state index contributed by atoms with van der Waals surface area (Å²) in [6.45, 7) is 2.40. The lowest BCUT2D eigenvalue weighted by atomic mass is 9.86. The zero-order valence-electron chi connectivity index (χ0n) is 13.2. The maximum Gasteiger partial charge on any atom is 0.0700 e. The van der Waals surface area contributed by atoms with E-state index in [1.165, 1.54) is 64.2 Å². The van der Waals surface area contributed by atoms with Gasteiger partial charge >= 0.3 is 0 Å². The zero-order valence-corrected chi connectivity index (χ0v) is 13.2. The predicted molar refractivity (Wildman–Crippen MR) is 83.1 cm³/mol. The molecule has 0 aromatic carbocycles. The van der Waals surface area contributed by atoms with E-state index in [-0.39, 0.29) is 0 Å². The van der Waals surface area contributed by atoms with Gasteiger partial charge in [0.15, 0.2) is 0 Å². The normalized spacial score (nSPS) is 29.2. The molecule has 2 aliphatic rings. The van der Waals surface area contributed by atoms with Gasteiger partial charge in [0.2, 0.25) is 0 Å². The van der Waals surface area contributed by atoms with Gasteiger partial charge in [-0.1, -0.05) is 25.7 Å². The van der Waals surface area contributed by atoms with Crippen molar-refractivity contribution in [2.75, 3.05) is 26.9 Å². The Bertz CT molecular complexity index is 231. The average molecular weight is 283 g/mol. The van der Waals surface area contributed by atoms with Gasteiger partial charge in [0.05, 0.1) is 13.2 Å². The van der Waals surface area contributed by atoms with E-state index in [0.717, 1.165) is 37.8 Å². The van der Waals surface area contributed by atoms with Crippen molar-refractivity contribution in [3.8, 4) is 0 Å². The largest absolute Gasteiger partial charge is 0.382 e. The van der Waals surface area contributed by atoms with Crippen molar-refractivity contribution in [3.05, 3.63) is 0 Å². The van der Waals surface area contributed by atoms with Crippen LogP contribution in [0.15, 0.2) is 0 Å². The molecule has 3 heteroatoms. The summed E-state index contributed by atoms with van der Waals surface area (Å²) in [4.78, 5) is 0. The van der Waals surface area contributed by atoms with E-state index in [0.29, 0.717) is 0 Å². The first kappa shape index (κ1) is 16.3. The monoisotopic (exact) mass is 283 g/mol. The molecule has 0 aromatic rings. The van der Waals surface area contributed by atoms with E-state index >= 15 is 0 Å². The minimum atomic E-state index is 0.721. The number of hydrogen-bond acceptors (Lipinski definition) is 3. The summed E-state index contributed by atoms with van der Waals surface area (Å²) in [5, 5.41) is 3.93. The van der Waals surface area contributed by atoms with E-state index < -0.39 is 0 Å². The average Bonchev–Trinajstić information content (AvgIpc) is 2.74. The topological polar surface area (TPSA) is 30.5 Å². The molecule has 0 atom stereocenters. The van der Waals surface area contributed by atoms with Crippen LogP contribution in [0.25, 0.3) is 0 Å². The van der Waals surface area contributed by atoms with Crippen molar-refractivity contribution < 1.29 is 9.47 Å². The third-order valence-corrected chi connectivity index (χ3v) is 4.96. The summed E-state index contributed by atoms with van der Waals surface area (Å²) in [7, 11) is 1.73. The van der Waals surface area contributed by atoms with Crippen LogP contribution in [-0.4, -0.2) is 39.0 Å². The Morgan fingerprint density at radius 3 is 2.10 bits per heavy atom. The first-order chi connectivity index (χ1) is 9.88. The highest BCUT2D eigenvalue weighted by Gasteiger charge is 2.23. The van der Waals surface area contributed by atoms with Crippen molar-refractivity contribution in [1.82, 2.24) is 5.32 Å². The van der Waals surface area contributed by atoms with E-state index in [1.807, 2.05) is 0 Å². The summed E-state index contributed by atoms with van der Waals surface area (Å²) in [5.41, 5.74) is 0. The van der Waals surface area contributed by atoms with E-state index in [4.69, 9.17) is 9.47 Å². The van der Waals surface area contributed by atoms with Crippen LogP contribution >= 0.6 is 0 Å². The van der Waals surface area contributed by atoms with Gasteiger partial charge < -0.3 is 14.8 Å². The SMILES string of the molecule is COCCOC[C@H]1CC[C@H](NC2CCCCCC2)CC1. The molecule has 3 nitrogen and oxygen atoms in total. The zero-order chi connectivity index (χ0) is 14.0. The molecular formula is C17H33NO2. The van der Waals surface area contributed by atoms with Crippen molar-refractivity contribution >= 4 is 0 Å². The Labute approximate surface area is 124 Å². The fraction of sp³-hybridized carbons (Fsp3) is 1.00. The highest BCUT2D eigenvalue weighted by Crippen LogP contribution is 2.26. The van der Waals surface area contributed by atoms with E-state index in [2.05, 4.69) is 5.32 Å². The Morgan fingerprint density at radius 2 is 1.45 bits per heavy atom. The van der Waals surface area contributed by atoms with Crippen LogP contribution in [0.1, 0.15) is 64.2 Å². The van der Waals surface area contributed by atoms with Crippen molar-refractivity contribution in [3.63, 3.8) is 0 Å². The maximum absolute atomic E-state index is 5.67. The van der Waals surface area contributed by atoms with Gasteiger partial charge in [0.25, 0.3) is 0 Å². The van der Waals surface area contributed by atoms with Gasteiger partial charge in [-0.05, 0) is 44.4 Å². The molecule has 2 fully saturated rings. The molecule has 0 aliphatic heterocycles. The number of methoxy groups -OCH3 is 1. The molecule has 2 saturated carbocycles. The number of rotatable bonds is 7. The second kappa shape index (κ2) is 9.75. The lowest BCUT2D eigenvalue weighted by Gasteiger charge is -2.32. The molecule has 0 aromatic heterocycles. The van der Waals surface area contributed by atoms with E-state index in [1.54, 1.807) is 7.11 Å². The lowest BCUT2D eigenvalue weighted by Crippen LogP contribution is -2.40.